The molecule has 126 valence electrons. The van der Waals surface area contributed by atoms with Crippen LogP contribution in [-0.4, -0.2) is 28.4 Å². The molecule has 1 aliphatic carbocycles. The van der Waals surface area contributed by atoms with Gasteiger partial charge in [-0.3, -0.25) is 0 Å². The molecule has 1 fully saturated rings. The normalized spacial score (nSPS) is 21.9. The highest BCUT2D eigenvalue weighted by Crippen LogP contribution is 2.48. The van der Waals surface area contributed by atoms with Gasteiger partial charge in [0.15, 0.2) is 0 Å². The van der Waals surface area contributed by atoms with Gasteiger partial charge in [0, 0.05) is 17.0 Å². The van der Waals surface area contributed by atoms with Crippen LogP contribution in [0.4, 0.5) is 4.39 Å². The SMILES string of the molecule is C[C@@H]1COc2c1cc([C@@](O)(CO)C1CC1)nc2-c1ccc(F)cc1. The maximum Gasteiger partial charge on any atom is 0.149 e. The lowest BCUT2D eigenvalue weighted by Crippen LogP contribution is -2.34. The number of rotatable bonds is 4. The number of aliphatic hydroxyl groups excluding tert-OH is 1. The largest absolute Gasteiger partial charge is 0.490 e. The average Bonchev–Trinajstić information content (AvgIpc) is 3.39. The summed E-state index contributed by atoms with van der Waals surface area (Å²) in [6.45, 7) is 2.25. The highest BCUT2D eigenvalue weighted by atomic mass is 19.1. The van der Waals surface area contributed by atoms with E-state index in [1.807, 2.05) is 6.07 Å². The average molecular weight is 329 g/mol. The fourth-order valence-electron chi connectivity index (χ4n) is 3.37. The lowest BCUT2D eigenvalue weighted by atomic mass is 9.90. The number of nitrogens with zero attached hydrogens (tertiary/aromatic N) is 1. The summed E-state index contributed by atoms with van der Waals surface area (Å²) in [5.74, 6) is 0.592. The van der Waals surface area contributed by atoms with E-state index in [-0.39, 0.29) is 24.3 Å². The van der Waals surface area contributed by atoms with Crippen LogP contribution in [0.5, 0.6) is 5.75 Å². The van der Waals surface area contributed by atoms with Crippen LogP contribution in [0.2, 0.25) is 0 Å². The van der Waals surface area contributed by atoms with Crippen molar-refractivity contribution in [2.45, 2.75) is 31.3 Å². The Morgan fingerprint density at radius 1 is 1.29 bits per heavy atom. The minimum atomic E-state index is -1.33. The third-order valence-corrected chi connectivity index (χ3v) is 5.07. The summed E-state index contributed by atoms with van der Waals surface area (Å²) in [4.78, 5) is 4.63. The van der Waals surface area contributed by atoms with Crippen molar-refractivity contribution < 1.29 is 19.3 Å². The lowest BCUT2D eigenvalue weighted by Gasteiger charge is -2.26. The lowest BCUT2D eigenvalue weighted by molar-refractivity contribution is -0.0417. The minimum Gasteiger partial charge on any atom is -0.490 e. The molecule has 1 aromatic heterocycles. The molecule has 2 heterocycles. The van der Waals surface area contributed by atoms with E-state index in [9.17, 15) is 14.6 Å². The molecule has 5 heteroatoms. The van der Waals surface area contributed by atoms with Crippen molar-refractivity contribution in [2.75, 3.05) is 13.2 Å². The molecule has 4 nitrogen and oxygen atoms in total. The van der Waals surface area contributed by atoms with Gasteiger partial charge >= 0.3 is 0 Å². The summed E-state index contributed by atoms with van der Waals surface area (Å²) < 4.78 is 19.1. The molecule has 2 aliphatic rings. The fourth-order valence-corrected chi connectivity index (χ4v) is 3.37. The maximum atomic E-state index is 13.3. The van der Waals surface area contributed by atoms with Crippen molar-refractivity contribution in [1.82, 2.24) is 4.98 Å². The predicted octanol–water partition coefficient (Wildman–Crippen LogP) is 2.97. The van der Waals surface area contributed by atoms with Crippen molar-refractivity contribution in [3.8, 4) is 17.0 Å². The Labute approximate surface area is 139 Å². The Kier molecular flexibility index (Phi) is 3.58. The molecule has 0 unspecified atom stereocenters. The van der Waals surface area contributed by atoms with Crippen LogP contribution < -0.4 is 4.74 Å². The molecular formula is C19H20FNO3. The zero-order chi connectivity index (χ0) is 16.9. The number of ether oxygens (including phenoxy) is 1. The quantitative estimate of drug-likeness (QED) is 0.905. The molecule has 0 saturated heterocycles. The molecule has 2 aromatic rings. The monoisotopic (exact) mass is 329 g/mol. The molecule has 2 N–H and O–H groups in total. The Morgan fingerprint density at radius 2 is 2.00 bits per heavy atom. The van der Waals surface area contributed by atoms with E-state index < -0.39 is 5.60 Å². The van der Waals surface area contributed by atoms with Crippen molar-refractivity contribution in [1.29, 1.82) is 0 Å². The van der Waals surface area contributed by atoms with Gasteiger partial charge in [-0.1, -0.05) is 6.92 Å². The molecular weight excluding hydrogens is 309 g/mol. The summed E-state index contributed by atoms with van der Waals surface area (Å²) in [5, 5.41) is 20.7. The zero-order valence-electron chi connectivity index (χ0n) is 13.5. The number of aliphatic hydroxyl groups is 2. The number of halogens is 1. The number of aromatic nitrogens is 1. The van der Waals surface area contributed by atoms with E-state index >= 15 is 0 Å². The third-order valence-electron chi connectivity index (χ3n) is 5.07. The first kappa shape index (κ1) is 15.5. The van der Waals surface area contributed by atoms with Gasteiger partial charge in [0.05, 0.1) is 18.9 Å². The number of hydrogen-bond donors (Lipinski definition) is 2. The zero-order valence-corrected chi connectivity index (χ0v) is 13.5. The van der Waals surface area contributed by atoms with Crippen LogP contribution in [0.3, 0.4) is 0 Å². The van der Waals surface area contributed by atoms with Crippen molar-refractivity contribution >= 4 is 0 Å². The molecule has 1 aliphatic heterocycles. The molecule has 2 atom stereocenters. The summed E-state index contributed by atoms with van der Waals surface area (Å²) in [5.41, 5.74) is 1.46. The Balaban J connectivity index is 1.89. The van der Waals surface area contributed by atoms with Gasteiger partial charge in [-0.15, -0.1) is 0 Å². The van der Waals surface area contributed by atoms with Crippen LogP contribution >= 0.6 is 0 Å². The maximum absolute atomic E-state index is 13.3. The number of fused-ring (bicyclic) bond motifs is 1. The summed E-state index contributed by atoms with van der Waals surface area (Å²) in [7, 11) is 0. The van der Waals surface area contributed by atoms with Crippen LogP contribution in [0.25, 0.3) is 11.3 Å². The first-order chi connectivity index (χ1) is 11.5. The van der Waals surface area contributed by atoms with Crippen LogP contribution in [0.15, 0.2) is 30.3 Å². The fraction of sp³-hybridized carbons (Fsp3) is 0.421. The molecule has 1 saturated carbocycles. The van der Waals surface area contributed by atoms with Gasteiger partial charge in [0.1, 0.15) is 22.9 Å². The van der Waals surface area contributed by atoms with E-state index in [2.05, 4.69) is 11.9 Å². The predicted molar refractivity (Wildman–Crippen MR) is 87.2 cm³/mol. The second kappa shape index (κ2) is 5.53. The highest BCUT2D eigenvalue weighted by molar-refractivity contribution is 5.70. The molecule has 4 rings (SSSR count). The van der Waals surface area contributed by atoms with E-state index in [1.165, 1.54) is 12.1 Å². The summed E-state index contributed by atoms with van der Waals surface area (Å²) in [6.07, 6.45) is 1.77. The highest BCUT2D eigenvalue weighted by Gasteiger charge is 2.46. The number of pyridine rings is 1. The summed E-state index contributed by atoms with van der Waals surface area (Å²) in [6, 6.07) is 7.93. The van der Waals surface area contributed by atoms with E-state index in [0.717, 1.165) is 24.0 Å². The van der Waals surface area contributed by atoms with E-state index in [4.69, 9.17) is 4.74 Å². The Hall–Kier alpha value is -1.98. The smallest absolute Gasteiger partial charge is 0.149 e. The van der Waals surface area contributed by atoms with Crippen LogP contribution in [0.1, 0.15) is 36.9 Å². The Bertz CT molecular complexity index is 773. The molecule has 24 heavy (non-hydrogen) atoms. The molecule has 0 amide bonds. The molecule has 1 aromatic carbocycles. The van der Waals surface area contributed by atoms with E-state index in [0.29, 0.717) is 23.7 Å². The second-order valence-corrected chi connectivity index (χ2v) is 6.85. The van der Waals surface area contributed by atoms with Crippen LogP contribution in [0, 0.1) is 11.7 Å². The van der Waals surface area contributed by atoms with Crippen molar-refractivity contribution in [3.63, 3.8) is 0 Å². The van der Waals surface area contributed by atoms with Gasteiger partial charge in [-0.05, 0) is 49.1 Å². The van der Waals surface area contributed by atoms with Crippen LogP contribution in [-0.2, 0) is 5.60 Å². The molecule has 0 bridgehead atoms. The standard InChI is InChI=1S/C19H20FNO3/c1-11-9-24-18-15(11)8-16(19(23,10-22)13-4-5-13)21-17(18)12-2-6-14(20)7-3-12/h2-3,6-8,11,13,22-23H,4-5,9-10H2,1H3/t11-,19-/m1/s1. The van der Waals surface area contributed by atoms with Gasteiger partial charge < -0.3 is 14.9 Å². The summed E-state index contributed by atoms with van der Waals surface area (Å²) >= 11 is 0. The molecule has 0 spiro atoms. The second-order valence-electron chi connectivity index (χ2n) is 6.85. The van der Waals surface area contributed by atoms with Gasteiger partial charge in [0.2, 0.25) is 0 Å². The van der Waals surface area contributed by atoms with Gasteiger partial charge in [0.25, 0.3) is 0 Å². The number of hydrogen-bond acceptors (Lipinski definition) is 4. The van der Waals surface area contributed by atoms with Crippen molar-refractivity contribution in [3.05, 3.63) is 47.4 Å². The van der Waals surface area contributed by atoms with Gasteiger partial charge in [-0.25, -0.2) is 9.37 Å². The molecule has 0 radical (unpaired) electrons. The topological polar surface area (TPSA) is 62.6 Å². The minimum absolute atomic E-state index is 0.0340. The third kappa shape index (κ3) is 2.39. The van der Waals surface area contributed by atoms with Crippen molar-refractivity contribution in [2.24, 2.45) is 5.92 Å². The first-order valence-electron chi connectivity index (χ1n) is 8.30. The van der Waals surface area contributed by atoms with Gasteiger partial charge in [-0.2, -0.15) is 0 Å². The van der Waals surface area contributed by atoms with E-state index in [1.54, 1.807) is 12.1 Å². The first-order valence-corrected chi connectivity index (χ1v) is 8.30. The number of benzene rings is 1. The Morgan fingerprint density at radius 3 is 2.62 bits per heavy atom.